The van der Waals surface area contributed by atoms with Crippen LogP contribution in [-0.4, -0.2) is 12.0 Å². The second kappa shape index (κ2) is 6.40. The smallest absolute Gasteiger partial charge is 0.0423 e. The Kier molecular flexibility index (Phi) is 4.79. The molecule has 2 heteroatoms. The zero-order valence-corrected chi connectivity index (χ0v) is 14.0. The van der Waals surface area contributed by atoms with Gasteiger partial charge in [0, 0.05) is 17.4 Å². The average Bonchev–Trinajstić information content (AvgIpc) is 2.39. The Hall–Kier alpha value is -1.67. The van der Waals surface area contributed by atoms with E-state index >= 15 is 0 Å². The molecule has 1 heterocycles. The van der Waals surface area contributed by atoms with E-state index in [1.54, 1.807) is 0 Å². The normalized spacial score (nSPS) is 12.5. The van der Waals surface area contributed by atoms with Crippen LogP contribution in [0.3, 0.4) is 0 Å². The van der Waals surface area contributed by atoms with E-state index in [9.17, 15) is 0 Å². The van der Waals surface area contributed by atoms with E-state index in [-0.39, 0.29) is 0 Å². The van der Waals surface area contributed by atoms with Gasteiger partial charge in [-0.05, 0) is 76.4 Å². The van der Waals surface area contributed by atoms with Crippen molar-refractivity contribution in [1.29, 1.82) is 0 Å². The molecule has 0 saturated carbocycles. The van der Waals surface area contributed by atoms with Crippen LogP contribution in [0.4, 0.5) is 0 Å². The quantitative estimate of drug-likeness (QED) is 0.912. The van der Waals surface area contributed by atoms with Crippen LogP contribution in [-0.2, 0) is 6.42 Å². The summed E-state index contributed by atoms with van der Waals surface area (Å²) in [4.78, 5) is 4.60. The van der Waals surface area contributed by atoms with E-state index in [0.29, 0.717) is 6.04 Å². The zero-order chi connectivity index (χ0) is 15.6. The number of aryl methyl sites for hydroxylation is 5. The third-order valence-corrected chi connectivity index (χ3v) is 4.24. The number of pyridine rings is 1. The Morgan fingerprint density at radius 1 is 1.00 bits per heavy atom. The second-order valence-electron chi connectivity index (χ2n) is 6.05. The van der Waals surface area contributed by atoms with Crippen LogP contribution in [0.15, 0.2) is 24.3 Å². The number of hydrogen-bond donors (Lipinski definition) is 1. The molecule has 112 valence electrons. The highest BCUT2D eigenvalue weighted by Gasteiger charge is 2.16. The van der Waals surface area contributed by atoms with Crippen LogP contribution in [0, 0.1) is 34.6 Å². The van der Waals surface area contributed by atoms with Crippen LogP contribution in [0.1, 0.15) is 45.2 Å². The minimum atomic E-state index is 0.304. The SMILES string of the molecule is CNC(Cc1c(C)cc(C)cc1C)c1ccc(C)nc1C. The Balaban J connectivity index is 2.36. The topological polar surface area (TPSA) is 24.9 Å². The van der Waals surface area contributed by atoms with Gasteiger partial charge >= 0.3 is 0 Å². The van der Waals surface area contributed by atoms with E-state index in [1.807, 2.05) is 14.0 Å². The van der Waals surface area contributed by atoms with Gasteiger partial charge in [0.05, 0.1) is 0 Å². The first-order chi connectivity index (χ1) is 9.92. The van der Waals surface area contributed by atoms with Gasteiger partial charge in [0.1, 0.15) is 0 Å². The van der Waals surface area contributed by atoms with Crippen molar-refractivity contribution in [2.75, 3.05) is 7.05 Å². The van der Waals surface area contributed by atoms with Crippen molar-refractivity contribution in [3.8, 4) is 0 Å². The molecule has 0 bridgehead atoms. The van der Waals surface area contributed by atoms with Crippen molar-refractivity contribution in [3.63, 3.8) is 0 Å². The summed E-state index contributed by atoms with van der Waals surface area (Å²) in [5.74, 6) is 0. The summed E-state index contributed by atoms with van der Waals surface area (Å²) < 4.78 is 0. The maximum absolute atomic E-state index is 4.60. The number of nitrogens with one attached hydrogen (secondary N) is 1. The molecule has 0 fully saturated rings. The highest BCUT2D eigenvalue weighted by atomic mass is 14.9. The van der Waals surface area contributed by atoms with Crippen molar-refractivity contribution >= 4 is 0 Å². The van der Waals surface area contributed by atoms with Crippen LogP contribution < -0.4 is 5.32 Å². The molecule has 0 aliphatic carbocycles. The van der Waals surface area contributed by atoms with E-state index in [1.165, 1.54) is 27.8 Å². The maximum atomic E-state index is 4.60. The average molecular weight is 282 g/mol. The summed E-state index contributed by atoms with van der Waals surface area (Å²) in [5.41, 5.74) is 9.03. The molecule has 1 unspecified atom stereocenters. The number of aromatic nitrogens is 1. The molecule has 1 aromatic carbocycles. The van der Waals surface area contributed by atoms with Crippen molar-refractivity contribution < 1.29 is 0 Å². The Labute approximate surface area is 128 Å². The Morgan fingerprint density at radius 2 is 1.62 bits per heavy atom. The molecule has 2 nitrogen and oxygen atoms in total. The van der Waals surface area contributed by atoms with Gasteiger partial charge in [0.25, 0.3) is 0 Å². The first-order valence-electron chi connectivity index (χ1n) is 7.60. The molecule has 2 rings (SSSR count). The molecule has 0 spiro atoms. The number of nitrogens with zero attached hydrogens (tertiary/aromatic N) is 1. The monoisotopic (exact) mass is 282 g/mol. The fraction of sp³-hybridized carbons (Fsp3) is 0.421. The molecule has 0 amide bonds. The zero-order valence-electron chi connectivity index (χ0n) is 14.0. The fourth-order valence-electron chi connectivity index (χ4n) is 3.17. The van der Waals surface area contributed by atoms with E-state index in [4.69, 9.17) is 0 Å². The predicted octanol–water partition coefficient (Wildman–Crippen LogP) is 4.13. The van der Waals surface area contributed by atoms with Gasteiger partial charge in [-0.1, -0.05) is 23.8 Å². The highest BCUT2D eigenvalue weighted by molar-refractivity contribution is 5.39. The number of likely N-dealkylation sites (N-methyl/N-ethyl adjacent to an activating group) is 1. The third kappa shape index (κ3) is 3.51. The van der Waals surface area contributed by atoms with Crippen molar-refractivity contribution in [2.45, 2.75) is 47.1 Å². The van der Waals surface area contributed by atoms with Gasteiger partial charge in [-0.25, -0.2) is 0 Å². The number of benzene rings is 1. The lowest BCUT2D eigenvalue weighted by molar-refractivity contribution is 0.582. The first kappa shape index (κ1) is 15.7. The second-order valence-corrected chi connectivity index (χ2v) is 6.05. The lowest BCUT2D eigenvalue weighted by Crippen LogP contribution is -2.21. The van der Waals surface area contributed by atoms with Crippen LogP contribution in [0.5, 0.6) is 0 Å². The lowest BCUT2D eigenvalue weighted by Gasteiger charge is -2.21. The summed E-state index contributed by atoms with van der Waals surface area (Å²) in [6.45, 7) is 10.7. The van der Waals surface area contributed by atoms with Gasteiger partial charge < -0.3 is 5.32 Å². The fourth-order valence-corrected chi connectivity index (χ4v) is 3.17. The predicted molar refractivity (Wildman–Crippen MR) is 89.9 cm³/mol. The summed E-state index contributed by atoms with van der Waals surface area (Å²) in [7, 11) is 2.03. The van der Waals surface area contributed by atoms with E-state index < -0.39 is 0 Å². The maximum Gasteiger partial charge on any atom is 0.0423 e. The molecule has 0 saturated heterocycles. The Bertz CT molecular complexity index is 621. The third-order valence-electron chi connectivity index (χ3n) is 4.24. The van der Waals surface area contributed by atoms with Crippen molar-refractivity contribution in [3.05, 3.63) is 63.5 Å². The molecule has 21 heavy (non-hydrogen) atoms. The molecule has 1 N–H and O–H groups in total. The van der Waals surface area contributed by atoms with Gasteiger partial charge in [-0.15, -0.1) is 0 Å². The summed E-state index contributed by atoms with van der Waals surface area (Å²) in [6.07, 6.45) is 1.00. The van der Waals surface area contributed by atoms with E-state index in [2.05, 4.69) is 62.3 Å². The van der Waals surface area contributed by atoms with Gasteiger partial charge in [-0.3, -0.25) is 4.98 Å². The van der Waals surface area contributed by atoms with Gasteiger partial charge in [0.2, 0.25) is 0 Å². The largest absolute Gasteiger partial charge is 0.313 e. The number of hydrogen-bond acceptors (Lipinski definition) is 2. The minimum absolute atomic E-state index is 0.304. The molecular weight excluding hydrogens is 256 g/mol. The van der Waals surface area contributed by atoms with Crippen LogP contribution in [0.25, 0.3) is 0 Å². The highest BCUT2D eigenvalue weighted by Crippen LogP contribution is 2.25. The molecule has 1 atom stereocenters. The minimum Gasteiger partial charge on any atom is -0.313 e. The number of rotatable bonds is 4. The molecule has 1 aromatic heterocycles. The van der Waals surface area contributed by atoms with Gasteiger partial charge in [-0.2, -0.15) is 0 Å². The molecule has 2 aromatic rings. The Morgan fingerprint density at radius 3 is 2.14 bits per heavy atom. The van der Waals surface area contributed by atoms with E-state index in [0.717, 1.165) is 17.8 Å². The van der Waals surface area contributed by atoms with Crippen LogP contribution in [0.2, 0.25) is 0 Å². The molecular formula is C19H26N2. The molecule has 0 aliphatic heterocycles. The van der Waals surface area contributed by atoms with Crippen LogP contribution >= 0.6 is 0 Å². The van der Waals surface area contributed by atoms with Crippen molar-refractivity contribution in [1.82, 2.24) is 10.3 Å². The lowest BCUT2D eigenvalue weighted by atomic mass is 9.91. The van der Waals surface area contributed by atoms with Crippen molar-refractivity contribution in [2.24, 2.45) is 0 Å². The molecule has 0 aliphatic rings. The summed E-state index contributed by atoms with van der Waals surface area (Å²) in [5, 5.41) is 3.46. The summed E-state index contributed by atoms with van der Waals surface area (Å²) >= 11 is 0. The first-order valence-corrected chi connectivity index (χ1v) is 7.60. The summed E-state index contributed by atoms with van der Waals surface area (Å²) in [6, 6.07) is 9.15. The van der Waals surface area contributed by atoms with Gasteiger partial charge in [0.15, 0.2) is 0 Å². The molecule has 0 radical (unpaired) electrons. The standard InChI is InChI=1S/C19H26N2/c1-12-9-13(2)18(14(3)10-12)11-19(20-6)17-8-7-15(4)21-16(17)5/h7-10,19-20H,11H2,1-6H3.